The van der Waals surface area contributed by atoms with E-state index in [1.165, 1.54) is 24.0 Å². The smallest absolute Gasteiger partial charge is 0.0981 e. The van der Waals surface area contributed by atoms with Crippen molar-refractivity contribution in [2.75, 3.05) is 13.2 Å². The van der Waals surface area contributed by atoms with Crippen molar-refractivity contribution in [2.45, 2.75) is 31.4 Å². The average molecular weight is 238 g/mol. The first-order chi connectivity index (χ1) is 7.84. The maximum atomic E-state index is 6.07. The monoisotopic (exact) mass is 237 g/mol. The molecule has 86 valence electrons. The minimum Gasteiger partial charge on any atom is -0.372 e. The van der Waals surface area contributed by atoms with Gasteiger partial charge in [-0.2, -0.15) is 0 Å². The molecule has 2 heterocycles. The average Bonchev–Trinajstić information content (AvgIpc) is 2.81. The quantitative estimate of drug-likeness (QED) is 0.811. The lowest BCUT2D eigenvalue weighted by Crippen LogP contribution is -2.33. The highest BCUT2D eigenvalue weighted by molar-refractivity contribution is 6.30. The molecule has 1 fully saturated rings. The van der Waals surface area contributed by atoms with Gasteiger partial charge in [-0.15, -0.1) is 0 Å². The fourth-order valence-corrected chi connectivity index (χ4v) is 2.93. The second kappa shape index (κ2) is 4.36. The zero-order valence-electron chi connectivity index (χ0n) is 9.21. The van der Waals surface area contributed by atoms with Crippen LogP contribution in [0.1, 0.15) is 30.1 Å². The first-order valence-corrected chi connectivity index (χ1v) is 6.36. The van der Waals surface area contributed by atoms with Crippen LogP contribution in [0, 0.1) is 0 Å². The fourth-order valence-electron chi connectivity index (χ4n) is 2.75. The lowest BCUT2D eigenvalue weighted by atomic mass is 9.92. The molecule has 3 heteroatoms. The Kier molecular flexibility index (Phi) is 2.88. The summed E-state index contributed by atoms with van der Waals surface area (Å²) in [5.41, 5.74) is 2.69. The Morgan fingerprint density at radius 3 is 3.12 bits per heavy atom. The second-order valence-electron chi connectivity index (χ2n) is 4.59. The molecule has 0 spiro atoms. The number of benzene rings is 1. The van der Waals surface area contributed by atoms with Crippen LogP contribution in [0.4, 0.5) is 0 Å². The molecule has 2 aliphatic rings. The van der Waals surface area contributed by atoms with E-state index in [-0.39, 0.29) is 6.10 Å². The van der Waals surface area contributed by atoms with Crippen LogP contribution in [0.5, 0.6) is 0 Å². The van der Waals surface area contributed by atoms with Gasteiger partial charge < -0.3 is 10.1 Å². The summed E-state index contributed by atoms with van der Waals surface area (Å²) >= 11 is 6.07. The van der Waals surface area contributed by atoms with Crippen molar-refractivity contribution in [1.82, 2.24) is 5.32 Å². The fraction of sp³-hybridized carbons (Fsp3) is 0.538. The Morgan fingerprint density at radius 1 is 1.38 bits per heavy atom. The Morgan fingerprint density at radius 2 is 2.31 bits per heavy atom. The van der Waals surface area contributed by atoms with Crippen molar-refractivity contribution >= 4 is 11.6 Å². The van der Waals surface area contributed by atoms with Crippen molar-refractivity contribution < 1.29 is 4.74 Å². The number of hydrogen-bond acceptors (Lipinski definition) is 2. The number of nitrogens with one attached hydrogen (secondary N) is 1. The normalized spacial score (nSPS) is 29.1. The Balaban J connectivity index is 1.94. The van der Waals surface area contributed by atoms with Gasteiger partial charge in [0.15, 0.2) is 0 Å². The lowest BCUT2D eigenvalue weighted by Gasteiger charge is -2.30. The van der Waals surface area contributed by atoms with Crippen LogP contribution < -0.4 is 5.32 Å². The molecule has 0 amide bonds. The van der Waals surface area contributed by atoms with E-state index >= 15 is 0 Å². The predicted molar refractivity (Wildman–Crippen MR) is 64.9 cm³/mol. The Hall–Kier alpha value is -0.570. The molecular formula is C13H16ClNO. The van der Waals surface area contributed by atoms with Crippen molar-refractivity contribution in [2.24, 2.45) is 0 Å². The highest BCUT2D eigenvalue weighted by atomic mass is 35.5. The Bertz CT molecular complexity index is 388. The summed E-state index contributed by atoms with van der Waals surface area (Å²) in [6, 6.07) is 6.66. The number of halogens is 1. The SMILES string of the molecule is Clc1ccc2c(c1)[C@@H](C1CCCN1)OCC2. The molecule has 0 bridgehead atoms. The van der Waals surface area contributed by atoms with Gasteiger partial charge >= 0.3 is 0 Å². The van der Waals surface area contributed by atoms with E-state index in [1.807, 2.05) is 6.07 Å². The van der Waals surface area contributed by atoms with Gasteiger partial charge in [-0.3, -0.25) is 0 Å². The van der Waals surface area contributed by atoms with Crippen molar-refractivity contribution in [3.63, 3.8) is 0 Å². The van der Waals surface area contributed by atoms with Crippen molar-refractivity contribution in [1.29, 1.82) is 0 Å². The van der Waals surface area contributed by atoms with Crippen LogP contribution in [0.15, 0.2) is 18.2 Å². The van der Waals surface area contributed by atoms with Gasteiger partial charge in [0.1, 0.15) is 0 Å². The molecule has 16 heavy (non-hydrogen) atoms. The molecule has 1 N–H and O–H groups in total. The van der Waals surface area contributed by atoms with E-state index in [0.717, 1.165) is 24.6 Å². The minimum atomic E-state index is 0.199. The van der Waals surface area contributed by atoms with Crippen LogP contribution in [0.3, 0.4) is 0 Å². The maximum absolute atomic E-state index is 6.07. The highest BCUT2D eigenvalue weighted by Gasteiger charge is 2.30. The molecule has 0 aromatic heterocycles. The van der Waals surface area contributed by atoms with E-state index in [9.17, 15) is 0 Å². The number of fused-ring (bicyclic) bond motifs is 1. The third kappa shape index (κ3) is 1.86. The van der Waals surface area contributed by atoms with Crippen LogP contribution >= 0.6 is 11.6 Å². The van der Waals surface area contributed by atoms with E-state index < -0.39 is 0 Å². The molecular weight excluding hydrogens is 222 g/mol. The van der Waals surface area contributed by atoms with Crippen molar-refractivity contribution in [3.05, 3.63) is 34.3 Å². The van der Waals surface area contributed by atoms with Gasteiger partial charge in [-0.25, -0.2) is 0 Å². The summed E-state index contributed by atoms with van der Waals surface area (Å²) in [6.07, 6.45) is 3.66. The lowest BCUT2D eigenvalue weighted by molar-refractivity contribution is 0.0199. The van der Waals surface area contributed by atoms with Gasteiger partial charge in [0, 0.05) is 11.1 Å². The summed E-state index contributed by atoms with van der Waals surface area (Å²) < 4.78 is 5.92. The summed E-state index contributed by atoms with van der Waals surface area (Å²) in [6.45, 7) is 1.94. The molecule has 1 aromatic rings. The maximum Gasteiger partial charge on any atom is 0.0981 e. The van der Waals surface area contributed by atoms with Crippen LogP contribution in [-0.4, -0.2) is 19.2 Å². The molecule has 0 aliphatic carbocycles. The summed E-state index contributed by atoms with van der Waals surface area (Å²) in [4.78, 5) is 0. The van der Waals surface area contributed by atoms with Gasteiger partial charge in [0.05, 0.1) is 12.7 Å². The number of rotatable bonds is 1. The van der Waals surface area contributed by atoms with E-state index in [0.29, 0.717) is 6.04 Å². The van der Waals surface area contributed by atoms with E-state index in [1.54, 1.807) is 0 Å². The second-order valence-corrected chi connectivity index (χ2v) is 5.02. The predicted octanol–water partition coefficient (Wildman–Crippen LogP) is 2.71. The van der Waals surface area contributed by atoms with Crippen LogP contribution in [-0.2, 0) is 11.2 Å². The molecule has 0 radical (unpaired) electrons. The minimum absolute atomic E-state index is 0.199. The first kappa shape index (κ1) is 10.6. The molecule has 0 saturated carbocycles. The number of hydrogen-bond donors (Lipinski definition) is 1. The molecule has 1 unspecified atom stereocenters. The zero-order chi connectivity index (χ0) is 11.0. The topological polar surface area (TPSA) is 21.3 Å². The zero-order valence-corrected chi connectivity index (χ0v) is 9.96. The van der Waals surface area contributed by atoms with Gasteiger partial charge in [0.25, 0.3) is 0 Å². The molecule has 1 saturated heterocycles. The summed E-state index contributed by atoms with van der Waals surface area (Å²) in [7, 11) is 0. The van der Waals surface area contributed by atoms with Crippen molar-refractivity contribution in [3.8, 4) is 0 Å². The van der Waals surface area contributed by atoms with Gasteiger partial charge in [-0.05, 0) is 49.1 Å². The summed E-state index contributed by atoms with van der Waals surface area (Å²) in [5.74, 6) is 0. The standard InChI is InChI=1S/C13H16ClNO/c14-10-4-3-9-5-7-16-13(11(9)8-10)12-2-1-6-15-12/h3-4,8,12-13,15H,1-2,5-7H2/t12?,13-/m0/s1. The molecule has 2 nitrogen and oxygen atoms in total. The molecule has 1 aromatic carbocycles. The van der Waals surface area contributed by atoms with Gasteiger partial charge in [0.2, 0.25) is 0 Å². The van der Waals surface area contributed by atoms with Crippen LogP contribution in [0.2, 0.25) is 5.02 Å². The molecule has 3 rings (SSSR count). The number of ether oxygens (including phenoxy) is 1. The van der Waals surface area contributed by atoms with E-state index in [4.69, 9.17) is 16.3 Å². The molecule has 2 atom stereocenters. The van der Waals surface area contributed by atoms with Gasteiger partial charge in [-0.1, -0.05) is 17.7 Å². The summed E-state index contributed by atoms with van der Waals surface area (Å²) in [5, 5.41) is 4.33. The first-order valence-electron chi connectivity index (χ1n) is 5.98. The largest absolute Gasteiger partial charge is 0.372 e. The molecule has 2 aliphatic heterocycles. The third-order valence-corrected chi connectivity index (χ3v) is 3.78. The van der Waals surface area contributed by atoms with Crippen LogP contribution in [0.25, 0.3) is 0 Å². The van der Waals surface area contributed by atoms with E-state index in [2.05, 4.69) is 17.4 Å². The highest BCUT2D eigenvalue weighted by Crippen LogP contribution is 2.34. The Labute approximate surface area is 101 Å². The third-order valence-electron chi connectivity index (χ3n) is 3.55.